The molecule has 9 nitrogen and oxygen atoms in total. The fraction of sp³-hybridized carbons (Fsp3) is 0.522. The van der Waals surface area contributed by atoms with Crippen LogP contribution in [0.3, 0.4) is 0 Å². The second-order valence-corrected chi connectivity index (χ2v) is 10.6. The number of thiazole rings is 1. The molecule has 1 atom stereocenters. The minimum atomic E-state index is -0.317. The molecule has 0 bridgehead atoms. The zero-order chi connectivity index (χ0) is 23.2. The molecule has 1 aliphatic heterocycles. The fourth-order valence-corrected chi connectivity index (χ4v) is 5.16. The molecule has 1 aliphatic carbocycles. The van der Waals surface area contributed by atoms with Crippen LogP contribution in [-0.4, -0.2) is 43.6 Å². The zero-order valence-corrected chi connectivity index (χ0v) is 20.3. The van der Waals surface area contributed by atoms with Crippen LogP contribution in [0.1, 0.15) is 69.8 Å². The van der Waals surface area contributed by atoms with Crippen molar-refractivity contribution in [3.05, 3.63) is 34.6 Å². The average Bonchev–Trinajstić information content (AvgIpc) is 3.55. The molecule has 3 aromatic rings. The summed E-state index contributed by atoms with van der Waals surface area (Å²) >= 11 is 1.42. The Morgan fingerprint density at radius 2 is 2.18 bits per heavy atom. The average molecular weight is 467 g/mol. The molecule has 3 N–H and O–H groups in total. The van der Waals surface area contributed by atoms with Crippen molar-refractivity contribution in [1.82, 2.24) is 25.1 Å². The van der Waals surface area contributed by atoms with Gasteiger partial charge in [-0.15, -0.1) is 11.3 Å². The van der Waals surface area contributed by atoms with Crippen molar-refractivity contribution in [2.45, 2.75) is 70.8 Å². The van der Waals surface area contributed by atoms with Crippen molar-refractivity contribution >= 4 is 40.0 Å². The smallest absolute Gasteiger partial charge is 0.248 e. The highest BCUT2D eigenvalue weighted by Gasteiger charge is 2.38. The number of nitrogens with one attached hydrogen (secondary N) is 3. The van der Waals surface area contributed by atoms with Gasteiger partial charge in [-0.2, -0.15) is 10.1 Å². The van der Waals surface area contributed by atoms with Crippen LogP contribution in [0.4, 0.5) is 22.7 Å². The number of carbonyl (C=O) groups excluding carboxylic acids is 1. The van der Waals surface area contributed by atoms with Crippen molar-refractivity contribution in [2.24, 2.45) is 0 Å². The number of rotatable bonds is 6. The lowest BCUT2D eigenvalue weighted by atomic mass is 9.91. The molecule has 0 saturated carbocycles. The van der Waals surface area contributed by atoms with Gasteiger partial charge >= 0.3 is 0 Å². The number of fused-ring (bicyclic) bond motifs is 1. The Balaban J connectivity index is 1.48. The van der Waals surface area contributed by atoms with Gasteiger partial charge in [0.2, 0.25) is 11.9 Å². The minimum absolute atomic E-state index is 0.0451. The first-order valence-corrected chi connectivity index (χ1v) is 12.4. The van der Waals surface area contributed by atoms with Gasteiger partial charge < -0.3 is 15.5 Å². The summed E-state index contributed by atoms with van der Waals surface area (Å²) in [6.45, 7) is 9.45. The number of hydrogen-bond donors (Lipinski definition) is 3. The summed E-state index contributed by atoms with van der Waals surface area (Å²) in [5.41, 5.74) is 3.22. The largest absolute Gasteiger partial charge is 0.329 e. The number of amides is 1. The van der Waals surface area contributed by atoms with E-state index in [9.17, 15) is 4.79 Å². The number of hydrogen-bond acceptors (Lipinski definition) is 8. The van der Waals surface area contributed by atoms with E-state index >= 15 is 0 Å². The Morgan fingerprint density at radius 3 is 2.91 bits per heavy atom. The molecular formula is C23H30N8OS. The van der Waals surface area contributed by atoms with E-state index in [-0.39, 0.29) is 17.4 Å². The first-order valence-electron chi connectivity index (χ1n) is 11.5. The van der Waals surface area contributed by atoms with Crippen molar-refractivity contribution in [3.63, 3.8) is 0 Å². The lowest BCUT2D eigenvalue weighted by Gasteiger charge is -2.26. The molecule has 33 heavy (non-hydrogen) atoms. The van der Waals surface area contributed by atoms with Crippen LogP contribution in [-0.2, 0) is 16.6 Å². The maximum atomic E-state index is 13.0. The van der Waals surface area contributed by atoms with E-state index in [0.717, 1.165) is 60.8 Å². The van der Waals surface area contributed by atoms with Crippen LogP contribution in [0.25, 0.3) is 0 Å². The van der Waals surface area contributed by atoms with Crippen molar-refractivity contribution in [3.8, 4) is 0 Å². The maximum absolute atomic E-state index is 13.0. The van der Waals surface area contributed by atoms with E-state index in [1.165, 1.54) is 11.3 Å². The molecule has 1 fully saturated rings. The van der Waals surface area contributed by atoms with E-state index in [0.29, 0.717) is 17.0 Å². The van der Waals surface area contributed by atoms with Gasteiger partial charge in [-0.1, -0.05) is 27.7 Å². The number of aromatic amines is 1. The molecule has 0 radical (unpaired) electrons. The summed E-state index contributed by atoms with van der Waals surface area (Å²) in [4.78, 5) is 29.2. The summed E-state index contributed by atoms with van der Waals surface area (Å²) in [7, 11) is 0. The first kappa shape index (κ1) is 21.8. The predicted molar refractivity (Wildman–Crippen MR) is 130 cm³/mol. The quantitative estimate of drug-likeness (QED) is 0.495. The third-order valence-electron chi connectivity index (χ3n) is 6.58. The molecule has 3 aromatic heterocycles. The van der Waals surface area contributed by atoms with Crippen molar-refractivity contribution < 1.29 is 4.79 Å². The van der Waals surface area contributed by atoms with Gasteiger partial charge in [0.1, 0.15) is 11.9 Å². The second-order valence-electron chi connectivity index (χ2n) is 9.75. The SMILES string of the molecule is CC(C)c1cc(Nc2nc(N3CCCC3C(=O)Nc3nccs3)nc3c2CCC3(C)C)n[nH]1. The Hall–Kier alpha value is -3.01. The third kappa shape index (κ3) is 4.19. The number of carbonyl (C=O) groups is 1. The van der Waals surface area contributed by atoms with Crippen LogP contribution in [0, 0.1) is 0 Å². The lowest BCUT2D eigenvalue weighted by Crippen LogP contribution is -2.41. The topological polar surface area (TPSA) is 112 Å². The molecule has 1 saturated heterocycles. The van der Waals surface area contributed by atoms with Crippen molar-refractivity contribution in [2.75, 3.05) is 22.1 Å². The Morgan fingerprint density at radius 1 is 1.33 bits per heavy atom. The van der Waals surface area contributed by atoms with Crippen LogP contribution < -0.4 is 15.5 Å². The van der Waals surface area contributed by atoms with Crippen LogP contribution >= 0.6 is 11.3 Å². The Kier molecular flexibility index (Phi) is 5.55. The molecule has 5 rings (SSSR count). The summed E-state index contributed by atoms with van der Waals surface area (Å²) in [5, 5.41) is 16.4. The summed E-state index contributed by atoms with van der Waals surface area (Å²) in [5.74, 6) is 2.43. The Bertz CT molecular complexity index is 1150. The van der Waals surface area contributed by atoms with Gasteiger partial charge in [0.25, 0.3) is 0 Å². The molecule has 1 unspecified atom stereocenters. The standard InChI is InChI=1S/C23H30N8OS/c1-13(2)15-12-17(30-29-15)25-19-14-7-8-23(3,4)18(14)26-21(27-19)31-10-5-6-16(31)20(32)28-22-24-9-11-33-22/h9,11-13,16H,5-8,10H2,1-4H3,(H,24,28,32)(H2,25,26,27,29,30). The summed E-state index contributed by atoms with van der Waals surface area (Å²) in [6.07, 6.45) is 5.30. The van der Waals surface area contributed by atoms with Gasteiger partial charge in [0, 0.05) is 40.9 Å². The number of nitrogens with zero attached hydrogens (tertiary/aromatic N) is 5. The van der Waals surface area contributed by atoms with E-state index in [1.54, 1.807) is 6.20 Å². The number of anilines is 4. The highest BCUT2D eigenvalue weighted by molar-refractivity contribution is 7.13. The first-order chi connectivity index (χ1) is 15.8. The lowest BCUT2D eigenvalue weighted by molar-refractivity contribution is -0.117. The van der Waals surface area contributed by atoms with Gasteiger partial charge in [-0.25, -0.2) is 9.97 Å². The highest BCUT2D eigenvalue weighted by Crippen LogP contribution is 2.42. The molecule has 0 spiro atoms. The third-order valence-corrected chi connectivity index (χ3v) is 7.27. The van der Waals surface area contributed by atoms with E-state index in [1.807, 2.05) is 16.3 Å². The predicted octanol–water partition coefficient (Wildman–Crippen LogP) is 4.35. The molecule has 174 valence electrons. The summed E-state index contributed by atoms with van der Waals surface area (Å²) < 4.78 is 0. The molecule has 4 heterocycles. The minimum Gasteiger partial charge on any atom is -0.329 e. The second kappa shape index (κ2) is 8.40. The Labute approximate surface area is 197 Å². The fourth-order valence-electron chi connectivity index (χ4n) is 4.63. The number of aromatic nitrogens is 5. The van der Waals surface area contributed by atoms with Gasteiger partial charge in [-0.05, 0) is 31.6 Å². The van der Waals surface area contributed by atoms with E-state index in [2.05, 4.69) is 53.5 Å². The normalized spacial score (nSPS) is 19.2. The van der Waals surface area contributed by atoms with Gasteiger partial charge in [-0.3, -0.25) is 9.89 Å². The zero-order valence-electron chi connectivity index (χ0n) is 19.5. The van der Waals surface area contributed by atoms with E-state index < -0.39 is 0 Å². The highest BCUT2D eigenvalue weighted by atomic mass is 32.1. The molecule has 1 amide bonds. The van der Waals surface area contributed by atoms with Crippen molar-refractivity contribution in [1.29, 1.82) is 0 Å². The van der Waals surface area contributed by atoms with Gasteiger partial charge in [0.05, 0.1) is 5.69 Å². The monoisotopic (exact) mass is 466 g/mol. The van der Waals surface area contributed by atoms with Gasteiger partial charge in [0.15, 0.2) is 10.9 Å². The molecule has 2 aliphatic rings. The molecule has 0 aromatic carbocycles. The molecule has 10 heteroatoms. The number of H-pyrrole nitrogens is 1. The summed E-state index contributed by atoms with van der Waals surface area (Å²) in [6, 6.07) is 1.71. The van der Waals surface area contributed by atoms with Crippen LogP contribution in [0.5, 0.6) is 0 Å². The van der Waals surface area contributed by atoms with E-state index in [4.69, 9.17) is 9.97 Å². The molecular weight excluding hydrogens is 436 g/mol. The maximum Gasteiger partial charge on any atom is 0.248 e. The van der Waals surface area contributed by atoms with Crippen LogP contribution in [0.15, 0.2) is 17.6 Å². The van der Waals surface area contributed by atoms with Crippen LogP contribution in [0.2, 0.25) is 0 Å².